The maximum atomic E-state index is 12.8. The number of methoxy groups -OCH3 is 1. The van der Waals surface area contributed by atoms with Gasteiger partial charge < -0.3 is 24.4 Å². The Morgan fingerprint density at radius 3 is 2.22 bits per heavy atom. The van der Waals surface area contributed by atoms with Gasteiger partial charge in [-0.1, -0.05) is 76.5 Å². The molecule has 1 atom stereocenters. The average molecular weight is 567 g/mol. The van der Waals surface area contributed by atoms with Crippen molar-refractivity contribution in [2.24, 2.45) is 0 Å². The molecule has 2 N–H and O–H groups in total. The number of ketones is 1. The fourth-order valence-corrected chi connectivity index (χ4v) is 5.09. The van der Waals surface area contributed by atoms with E-state index >= 15 is 0 Å². The van der Waals surface area contributed by atoms with E-state index in [9.17, 15) is 19.8 Å². The number of hydrogen-bond acceptors (Lipinski definition) is 7. The van der Waals surface area contributed by atoms with Gasteiger partial charge in [-0.05, 0) is 49.8 Å². The van der Waals surface area contributed by atoms with Crippen LogP contribution in [0.4, 0.5) is 0 Å². The van der Waals surface area contributed by atoms with E-state index in [2.05, 4.69) is 19.1 Å². The van der Waals surface area contributed by atoms with Gasteiger partial charge in [0.2, 0.25) is 0 Å². The summed E-state index contributed by atoms with van der Waals surface area (Å²) in [4.78, 5) is 25.2. The molecule has 0 fully saturated rings. The van der Waals surface area contributed by atoms with Crippen LogP contribution in [0.15, 0.2) is 42.5 Å². The normalized spacial score (nSPS) is 14.6. The van der Waals surface area contributed by atoms with E-state index in [1.807, 2.05) is 0 Å². The van der Waals surface area contributed by atoms with Crippen LogP contribution >= 0.6 is 0 Å². The Balaban J connectivity index is 1.36. The third-order valence-corrected chi connectivity index (χ3v) is 7.42. The molecule has 1 heterocycles. The number of Topliss-reactive ketones (excluding diaryl/α,β-unsaturated/α-hetero) is 1. The van der Waals surface area contributed by atoms with E-state index in [-0.39, 0.29) is 53.2 Å². The van der Waals surface area contributed by atoms with Crippen molar-refractivity contribution >= 4 is 11.8 Å². The third-order valence-electron chi connectivity index (χ3n) is 7.42. The zero-order chi connectivity index (χ0) is 29.5. The van der Waals surface area contributed by atoms with Crippen molar-refractivity contribution in [2.75, 3.05) is 7.11 Å². The molecule has 7 nitrogen and oxygen atoms in total. The minimum absolute atomic E-state index is 0.000937. The molecule has 0 aliphatic carbocycles. The molecule has 0 aromatic heterocycles. The minimum Gasteiger partial charge on any atom is -0.507 e. The predicted molar refractivity (Wildman–Crippen MR) is 160 cm³/mol. The maximum absolute atomic E-state index is 12.8. The molecule has 1 aliphatic heterocycles. The molecule has 0 saturated heterocycles. The first-order chi connectivity index (χ1) is 19.9. The molecule has 2 aromatic rings. The Kier molecular flexibility index (Phi) is 13.6. The number of esters is 1. The molecular formula is C34H46O7. The standard InChI is InChI=1S/C34H46O7/c1-3-4-5-6-7-8-9-10-11-12-13-14-15-16-17-18-33(38)40-26-22-28(36)34-29(37)24-31(41-32(34)23-26)25-19-20-30(39-2)27(35)21-25/h10-11,19-23,31,35-36H,3-9,12-18,24H2,1-2H3/b11-10-. The fourth-order valence-electron chi connectivity index (χ4n) is 5.09. The first-order valence-corrected chi connectivity index (χ1v) is 15.2. The Labute approximate surface area is 244 Å². The zero-order valence-corrected chi connectivity index (χ0v) is 24.7. The molecular weight excluding hydrogens is 520 g/mol. The van der Waals surface area contributed by atoms with Crippen LogP contribution in [0, 0.1) is 0 Å². The highest BCUT2D eigenvalue weighted by Crippen LogP contribution is 2.43. The second-order valence-corrected chi connectivity index (χ2v) is 10.8. The number of aromatic hydroxyl groups is 2. The van der Waals surface area contributed by atoms with Crippen molar-refractivity contribution in [1.82, 2.24) is 0 Å². The van der Waals surface area contributed by atoms with Crippen molar-refractivity contribution in [3.63, 3.8) is 0 Å². The molecule has 0 bridgehead atoms. The third kappa shape index (κ3) is 10.5. The van der Waals surface area contributed by atoms with Gasteiger partial charge in [-0.2, -0.15) is 0 Å². The summed E-state index contributed by atoms with van der Waals surface area (Å²) >= 11 is 0. The SMILES string of the molecule is CCCCCCCC/C=C\CCCCCCCC(=O)Oc1cc(O)c2c(c1)OC(c1ccc(OC)c(O)c1)CC2=O. The van der Waals surface area contributed by atoms with Crippen molar-refractivity contribution in [3.8, 4) is 28.7 Å². The molecule has 1 aliphatic rings. The van der Waals surface area contributed by atoms with Gasteiger partial charge in [0.25, 0.3) is 0 Å². The summed E-state index contributed by atoms with van der Waals surface area (Å²) in [6.07, 6.45) is 19.7. The highest BCUT2D eigenvalue weighted by atomic mass is 16.5. The Bertz CT molecular complexity index is 1150. The molecule has 0 spiro atoms. The first kappa shape index (κ1) is 32.0. The number of rotatable bonds is 18. The van der Waals surface area contributed by atoms with E-state index in [4.69, 9.17) is 14.2 Å². The van der Waals surface area contributed by atoms with Crippen molar-refractivity contribution in [1.29, 1.82) is 0 Å². The number of carbonyl (C=O) groups is 2. The minimum atomic E-state index is -0.659. The van der Waals surface area contributed by atoms with Crippen LogP contribution in [0.2, 0.25) is 0 Å². The number of hydrogen-bond donors (Lipinski definition) is 2. The van der Waals surface area contributed by atoms with Crippen LogP contribution in [0.25, 0.3) is 0 Å². The van der Waals surface area contributed by atoms with Gasteiger partial charge in [0.05, 0.1) is 13.5 Å². The molecule has 3 rings (SSSR count). The summed E-state index contributed by atoms with van der Waals surface area (Å²) in [5, 5.41) is 20.6. The van der Waals surface area contributed by atoms with E-state index in [1.54, 1.807) is 12.1 Å². The molecule has 0 radical (unpaired) electrons. The molecule has 7 heteroatoms. The van der Waals surface area contributed by atoms with E-state index in [0.29, 0.717) is 11.3 Å². The highest BCUT2D eigenvalue weighted by Gasteiger charge is 2.31. The predicted octanol–water partition coefficient (Wildman–Crippen LogP) is 8.76. The number of unbranched alkanes of at least 4 members (excludes halogenated alkanes) is 11. The lowest BCUT2D eigenvalue weighted by Gasteiger charge is -2.26. The second-order valence-electron chi connectivity index (χ2n) is 10.8. The van der Waals surface area contributed by atoms with Gasteiger partial charge in [0.1, 0.15) is 28.9 Å². The summed E-state index contributed by atoms with van der Waals surface area (Å²) in [6, 6.07) is 7.52. The van der Waals surface area contributed by atoms with Crippen molar-refractivity contribution in [2.45, 2.75) is 109 Å². The van der Waals surface area contributed by atoms with Gasteiger partial charge in [-0.15, -0.1) is 0 Å². The molecule has 1 unspecified atom stereocenters. The molecule has 41 heavy (non-hydrogen) atoms. The number of ether oxygens (including phenoxy) is 3. The summed E-state index contributed by atoms with van der Waals surface area (Å²) in [7, 11) is 1.45. The lowest BCUT2D eigenvalue weighted by Crippen LogP contribution is -2.20. The number of fused-ring (bicyclic) bond motifs is 1. The second kappa shape index (κ2) is 17.4. The summed E-state index contributed by atoms with van der Waals surface area (Å²) in [5.41, 5.74) is 0.657. The number of carbonyl (C=O) groups excluding carboxylic acids is 2. The maximum Gasteiger partial charge on any atom is 0.311 e. The van der Waals surface area contributed by atoms with Crippen molar-refractivity contribution < 1.29 is 34.0 Å². The average Bonchev–Trinajstić information content (AvgIpc) is 2.94. The molecule has 0 amide bonds. The topological polar surface area (TPSA) is 102 Å². The summed E-state index contributed by atoms with van der Waals surface area (Å²) in [6.45, 7) is 2.25. The van der Waals surface area contributed by atoms with Crippen LogP contribution in [0.5, 0.6) is 28.7 Å². The van der Waals surface area contributed by atoms with Gasteiger partial charge in [0.15, 0.2) is 17.3 Å². The number of benzene rings is 2. The Morgan fingerprint density at radius 1 is 0.902 bits per heavy atom. The number of phenols is 2. The van der Waals surface area contributed by atoms with Gasteiger partial charge >= 0.3 is 5.97 Å². The van der Waals surface area contributed by atoms with E-state index < -0.39 is 6.10 Å². The summed E-state index contributed by atoms with van der Waals surface area (Å²) in [5.74, 6) is -0.443. The molecule has 224 valence electrons. The van der Waals surface area contributed by atoms with Gasteiger partial charge in [0, 0.05) is 18.6 Å². The van der Waals surface area contributed by atoms with Crippen LogP contribution < -0.4 is 14.2 Å². The quantitative estimate of drug-likeness (QED) is 0.0804. The Morgan fingerprint density at radius 2 is 1.56 bits per heavy atom. The lowest BCUT2D eigenvalue weighted by atomic mass is 9.95. The smallest absolute Gasteiger partial charge is 0.311 e. The lowest BCUT2D eigenvalue weighted by molar-refractivity contribution is -0.134. The van der Waals surface area contributed by atoms with Crippen molar-refractivity contribution in [3.05, 3.63) is 53.6 Å². The van der Waals surface area contributed by atoms with Crippen LogP contribution in [0.3, 0.4) is 0 Å². The van der Waals surface area contributed by atoms with E-state index in [1.165, 1.54) is 76.7 Å². The largest absolute Gasteiger partial charge is 0.507 e. The zero-order valence-electron chi connectivity index (χ0n) is 24.7. The number of allylic oxidation sites excluding steroid dienone is 2. The number of phenolic OH excluding ortho intramolecular Hbond substituents is 2. The summed E-state index contributed by atoms with van der Waals surface area (Å²) < 4.78 is 16.5. The van der Waals surface area contributed by atoms with Gasteiger partial charge in [-0.3, -0.25) is 9.59 Å². The Hall–Kier alpha value is -3.48. The van der Waals surface area contributed by atoms with Gasteiger partial charge in [-0.25, -0.2) is 0 Å². The van der Waals surface area contributed by atoms with Crippen LogP contribution in [-0.4, -0.2) is 29.1 Å². The first-order valence-electron chi connectivity index (χ1n) is 15.2. The highest BCUT2D eigenvalue weighted by molar-refractivity contribution is 6.02. The fraction of sp³-hybridized carbons (Fsp3) is 0.529. The molecule has 2 aromatic carbocycles. The monoisotopic (exact) mass is 566 g/mol. The van der Waals surface area contributed by atoms with E-state index in [0.717, 1.165) is 32.1 Å². The molecule has 0 saturated carbocycles. The van der Waals surface area contributed by atoms with Crippen LogP contribution in [0.1, 0.15) is 125 Å². The van der Waals surface area contributed by atoms with Crippen LogP contribution in [-0.2, 0) is 4.79 Å².